The molecule has 10 aromatic carbocycles. The van der Waals surface area contributed by atoms with Crippen molar-refractivity contribution in [2.24, 2.45) is 64.8 Å². The summed E-state index contributed by atoms with van der Waals surface area (Å²) in [5, 5.41) is 6.68. The molecule has 0 unspecified atom stereocenters. The second-order valence-corrected chi connectivity index (χ2v) is 32.8. The van der Waals surface area contributed by atoms with Crippen molar-refractivity contribution in [2.45, 2.75) is 136 Å². The maximum absolute atomic E-state index is 2.38. The van der Waals surface area contributed by atoms with Gasteiger partial charge in [-0.05, 0) is 225 Å². The fourth-order valence-electron chi connectivity index (χ4n) is 16.1. The number of fused-ring (bicyclic) bond motifs is 5. The summed E-state index contributed by atoms with van der Waals surface area (Å²) in [4.78, 5) is 0. The van der Waals surface area contributed by atoms with E-state index in [4.69, 9.17) is 0 Å². The molecule has 15 aromatic rings. The average molecular weight is 1450 g/mol. The Morgan fingerprint density at radius 2 is 0.564 bits per heavy atom. The Hall–Kier alpha value is -10.8. The number of pyridine rings is 5. The Bertz CT molecular complexity index is 5630. The fourth-order valence-corrected chi connectivity index (χ4v) is 16.1. The van der Waals surface area contributed by atoms with E-state index in [0.717, 1.165) is 32.1 Å². The molecule has 0 spiro atoms. The molecule has 0 bridgehead atoms. The lowest BCUT2D eigenvalue weighted by Gasteiger charge is -2.13. The van der Waals surface area contributed by atoms with Crippen LogP contribution in [0.3, 0.4) is 0 Å². The molecule has 0 fully saturated rings. The molecular weight excluding hydrogens is 1330 g/mol. The Morgan fingerprint density at radius 3 is 1.08 bits per heavy atom. The first kappa shape index (κ1) is 80.3. The quantitative estimate of drug-likeness (QED) is 0.0912. The fraction of sp³-hybridized carbons (Fsp3) is 0.286. The molecule has 0 saturated carbocycles. The van der Waals surface area contributed by atoms with E-state index in [-0.39, 0.29) is 0 Å². The molecule has 0 aliphatic rings. The molecule has 15 rings (SSSR count). The number of hydrogen-bond acceptors (Lipinski definition) is 0. The van der Waals surface area contributed by atoms with Crippen LogP contribution < -0.4 is 22.8 Å². The van der Waals surface area contributed by atoms with E-state index >= 15 is 0 Å². The lowest BCUT2D eigenvalue weighted by atomic mass is 9.94. The number of aryl methyl sites for hydroxylation is 10. The monoisotopic (exact) mass is 1450 g/mol. The highest BCUT2D eigenvalue weighted by molar-refractivity contribution is 5.85. The Morgan fingerprint density at radius 1 is 0.218 bits per heavy atom. The number of aromatic nitrogens is 5. The molecule has 0 aliphatic carbocycles. The topological polar surface area (TPSA) is 19.4 Å². The van der Waals surface area contributed by atoms with Gasteiger partial charge < -0.3 is 0 Å². The van der Waals surface area contributed by atoms with E-state index in [1.165, 1.54) is 166 Å². The van der Waals surface area contributed by atoms with Crippen LogP contribution in [0.15, 0.2) is 273 Å². The Kier molecular flexibility index (Phi) is 26.7. The van der Waals surface area contributed by atoms with Gasteiger partial charge in [0.1, 0.15) is 35.2 Å². The average Bonchev–Trinajstić information content (AvgIpc) is 0.797. The molecule has 0 atom stereocenters. The summed E-state index contributed by atoms with van der Waals surface area (Å²) in [5.41, 5.74) is 33.3. The number of benzene rings is 10. The first-order valence-electron chi connectivity index (χ1n) is 40.2. The van der Waals surface area contributed by atoms with Crippen LogP contribution in [-0.2, 0) is 67.3 Å². The predicted octanol–water partition coefficient (Wildman–Crippen LogP) is 24.2. The first-order valence-corrected chi connectivity index (χ1v) is 40.2. The molecule has 5 nitrogen and oxygen atoms in total. The molecule has 0 N–H and O–H groups in total. The molecule has 0 aliphatic heterocycles. The van der Waals surface area contributed by atoms with Gasteiger partial charge in [0.05, 0.1) is 0 Å². The summed E-state index contributed by atoms with van der Waals surface area (Å²) < 4.78 is 11.6. The largest absolute Gasteiger partial charge is 0.216 e. The first-order chi connectivity index (χ1) is 52.8. The summed E-state index contributed by atoms with van der Waals surface area (Å²) in [6.45, 7) is 33.7. The molecule has 5 heterocycles. The van der Waals surface area contributed by atoms with Gasteiger partial charge in [0.15, 0.2) is 0 Å². The van der Waals surface area contributed by atoms with Crippen molar-refractivity contribution in [3.63, 3.8) is 0 Å². The molecule has 0 amide bonds. The molecule has 5 aromatic heterocycles. The van der Waals surface area contributed by atoms with Gasteiger partial charge in [-0.2, -0.15) is 22.8 Å². The van der Waals surface area contributed by atoms with Crippen LogP contribution in [0.5, 0.6) is 0 Å². The highest BCUT2D eigenvalue weighted by atomic mass is 15.0. The van der Waals surface area contributed by atoms with Crippen molar-refractivity contribution in [2.75, 3.05) is 0 Å². The third kappa shape index (κ3) is 19.1. The van der Waals surface area contributed by atoms with Crippen LogP contribution in [0.2, 0.25) is 0 Å². The minimum absolute atomic E-state index is 0.643. The maximum atomic E-state index is 2.38. The number of rotatable bonds is 15. The van der Waals surface area contributed by atoms with Crippen molar-refractivity contribution < 1.29 is 22.8 Å². The van der Waals surface area contributed by atoms with E-state index in [1.54, 1.807) is 0 Å². The van der Waals surface area contributed by atoms with Crippen LogP contribution >= 0.6 is 0 Å². The zero-order valence-corrected chi connectivity index (χ0v) is 69.6. The number of nitrogens with zero attached hydrogens (tertiary/aromatic N) is 5. The minimum Gasteiger partial charge on any atom is -0.194 e. The summed E-state index contributed by atoms with van der Waals surface area (Å²) in [5.74, 6) is 3.34. The van der Waals surface area contributed by atoms with E-state index < -0.39 is 0 Å². The second-order valence-electron chi connectivity index (χ2n) is 32.8. The van der Waals surface area contributed by atoms with Crippen molar-refractivity contribution >= 4 is 54.5 Å². The smallest absolute Gasteiger partial charge is 0.194 e. The second kappa shape index (κ2) is 36.6. The third-order valence-corrected chi connectivity index (χ3v) is 21.6. The summed E-state index contributed by atoms with van der Waals surface area (Å²) in [6, 6.07) is 99.1. The number of para-hydroxylation sites is 2. The third-order valence-electron chi connectivity index (χ3n) is 21.6. The zero-order chi connectivity index (χ0) is 78.4. The van der Waals surface area contributed by atoms with Gasteiger partial charge in [-0.1, -0.05) is 209 Å². The van der Waals surface area contributed by atoms with Crippen molar-refractivity contribution in [3.8, 4) is 56.3 Å². The van der Waals surface area contributed by atoms with E-state index in [2.05, 4.69) is 435 Å². The molecular formula is C105H120N5+5. The molecule has 5 heteroatoms. The van der Waals surface area contributed by atoms with Gasteiger partial charge >= 0.3 is 0 Å². The normalized spacial score (nSPS) is 11.3. The van der Waals surface area contributed by atoms with Gasteiger partial charge in [0, 0.05) is 115 Å². The van der Waals surface area contributed by atoms with Crippen LogP contribution in [0.4, 0.5) is 0 Å². The highest BCUT2D eigenvalue weighted by Crippen LogP contribution is 2.32. The molecule has 110 heavy (non-hydrogen) atoms. The number of hydrogen-bond donors (Lipinski definition) is 0. The lowest BCUT2D eigenvalue weighted by Crippen LogP contribution is -2.34. The molecule has 560 valence electrons. The zero-order valence-electron chi connectivity index (χ0n) is 69.6. The minimum atomic E-state index is 0.643. The van der Waals surface area contributed by atoms with E-state index in [1.807, 2.05) is 0 Å². The van der Waals surface area contributed by atoms with Gasteiger partial charge in [-0.25, -0.2) is 0 Å². The van der Waals surface area contributed by atoms with Gasteiger partial charge in [0.2, 0.25) is 56.1 Å². The van der Waals surface area contributed by atoms with Gasteiger partial charge in [0.25, 0.3) is 0 Å². The van der Waals surface area contributed by atoms with Crippen molar-refractivity contribution in [1.82, 2.24) is 0 Å². The SMILES string of the molecule is Cc1ccccc1-c1c(CC(C)C)cc2ccccc2[n+]1C.Cc1ccccc1-c1cc(CC(C)C)c2ccccc2[n+]1C.Cc1ccccc1-c1ccc2c(CC(C)C)cccc2[n+]1C.Cc1ccccc1-c1ccc2cc(CC(C)C)ccc2[n+]1C.Cc1ccccc1-c1ccc2ccc(CC(C)C)cc2[n+]1C. The molecule has 0 radical (unpaired) electrons. The van der Waals surface area contributed by atoms with E-state index in [0.29, 0.717) is 29.6 Å². The van der Waals surface area contributed by atoms with Crippen LogP contribution in [-0.4, -0.2) is 0 Å². The van der Waals surface area contributed by atoms with Crippen LogP contribution in [0.25, 0.3) is 111 Å². The van der Waals surface area contributed by atoms with Gasteiger partial charge in [-0.3, -0.25) is 0 Å². The van der Waals surface area contributed by atoms with Crippen LogP contribution in [0, 0.1) is 64.2 Å². The van der Waals surface area contributed by atoms with E-state index in [9.17, 15) is 0 Å². The summed E-state index contributed by atoms with van der Waals surface area (Å²) in [6.07, 6.45) is 5.60. The lowest BCUT2D eigenvalue weighted by molar-refractivity contribution is -0.634. The summed E-state index contributed by atoms with van der Waals surface area (Å²) in [7, 11) is 10.9. The maximum Gasteiger partial charge on any atom is 0.216 e. The standard InChI is InChI=1S/5C21H24N/c1-15(2)13-18-14-17-10-6-8-12-20(17)22(4)21(18)19-11-7-5-9-16(19)3;1-15(2)13-17-14-21(18-10-6-5-9-16(18)3)22(4)20-12-8-7-11-19(17)20;1-15(2)14-17-9-7-11-20-19(17)12-13-21(22(20)4)18-10-6-5-8-16(18)3;1-15(2)13-17-9-11-20-18(14-17)10-12-21(22(20)4)19-8-6-5-7-16(19)3;1-15(2)13-17-9-10-18-11-12-20(22(4)21(18)14-17)19-8-6-5-7-16(19)3/h2*5-12,14-15H,13H2,1-4H3;5-13,15H,14H2,1-4H3;2*5-12,14-15H,13H2,1-4H3/q5*+1. The predicted molar refractivity (Wildman–Crippen MR) is 469 cm³/mol. The Labute approximate surface area is 658 Å². The Balaban J connectivity index is 0.000000136. The van der Waals surface area contributed by atoms with Crippen molar-refractivity contribution in [1.29, 1.82) is 0 Å². The summed E-state index contributed by atoms with van der Waals surface area (Å²) >= 11 is 0. The van der Waals surface area contributed by atoms with Crippen molar-refractivity contribution in [3.05, 3.63) is 329 Å². The highest BCUT2D eigenvalue weighted by Gasteiger charge is 2.25. The van der Waals surface area contributed by atoms with Crippen LogP contribution in [0.1, 0.15) is 125 Å². The molecule has 0 saturated heterocycles. The van der Waals surface area contributed by atoms with Gasteiger partial charge in [-0.15, -0.1) is 0 Å².